The number of ether oxygens (including phenoxy) is 2. The van der Waals surface area contributed by atoms with Crippen LogP contribution >= 0.6 is 0 Å². The summed E-state index contributed by atoms with van der Waals surface area (Å²) in [6, 6.07) is 6.49. The van der Waals surface area contributed by atoms with Crippen molar-refractivity contribution in [1.82, 2.24) is 4.90 Å². The highest BCUT2D eigenvalue weighted by Crippen LogP contribution is 2.46. The Bertz CT molecular complexity index is 703. The van der Waals surface area contributed by atoms with E-state index in [4.69, 9.17) is 15.2 Å². The normalized spacial score (nSPS) is 30.5. The number of nitrogens with zero attached hydrogens (tertiary/aromatic N) is 1. The number of hydrogen-bond acceptors (Lipinski definition) is 4. The summed E-state index contributed by atoms with van der Waals surface area (Å²) in [7, 11) is 0. The van der Waals surface area contributed by atoms with Crippen molar-refractivity contribution in [3.63, 3.8) is 0 Å². The highest BCUT2D eigenvalue weighted by molar-refractivity contribution is 5.71. The first-order valence-electron chi connectivity index (χ1n) is 10.5. The molecule has 2 aliphatic carbocycles. The number of carbonyl (C=O) groups is 1. The molecule has 0 spiro atoms. The minimum Gasteiger partial charge on any atom is -0.410 e. The topological polar surface area (TPSA) is 64.8 Å². The summed E-state index contributed by atoms with van der Waals surface area (Å²) in [5.74, 6) is 1.19. The fourth-order valence-corrected chi connectivity index (χ4v) is 5.20. The molecule has 27 heavy (non-hydrogen) atoms. The zero-order chi connectivity index (χ0) is 19.0. The third-order valence-electron chi connectivity index (χ3n) is 7.03. The number of rotatable bonds is 3. The Morgan fingerprint density at radius 2 is 2.15 bits per heavy atom. The largest absolute Gasteiger partial charge is 0.415 e. The van der Waals surface area contributed by atoms with Crippen LogP contribution in [0, 0.1) is 5.92 Å². The van der Waals surface area contributed by atoms with Crippen LogP contribution in [0.5, 0.6) is 5.75 Å². The van der Waals surface area contributed by atoms with Crippen LogP contribution in [0.25, 0.3) is 0 Å². The Balaban J connectivity index is 1.59. The Morgan fingerprint density at radius 1 is 1.33 bits per heavy atom. The first kappa shape index (κ1) is 18.8. The van der Waals surface area contributed by atoms with Gasteiger partial charge < -0.3 is 20.1 Å². The molecule has 5 nitrogen and oxygen atoms in total. The zero-order valence-electron chi connectivity index (χ0n) is 16.6. The van der Waals surface area contributed by atoms with E-state index in [0.29, 0.717) is 31.4 Å². The third kappa shape index (κ3) is 3.36. The Morgan fingerprint density at radius 3 is 2.85 bits per heavy atom. The lowest BCUT2D eigenvalue weighted by molar-refractivity contribution is -0.0532. The second-order valence-corrected chi connectivity index (χ2v) is 8.67. The first-order chi connectivity index (χ1) is 13.0. The lowest BCUT2D eigenvalue weighted by Gasteiger charge is -2.47. The van der Waals surface area contributed by atoms with Gasteiger partial charge in [-0.15, -0.1) is 0 Å². The van der Waals surface area contributed by atoms with Gasteiger partial charge in [0.1, 0.15) is 5.75 Å². The fraction of sp³-hybridized carbons (Fsp3) is 0.682. The average molecular weight is 373 g/mol. The van der Waals surface area contributed by atoms with Gasteiger partial charge in [-0.3, -0.25) is 0 Å². The van der Waals surface area contributed by atoms with Crippen molar-refractivity contribution in [2.45, 2.75) is 69.9 Å². The lowest BCUT2D eigenvalue weighted by atomic mass is 9.60. The molecule has 2 N–H and O–H groups in total. The maximum atomic E-state index is 12.6. The molecule has 1 aromatic rings. The molecule has 1 aromatic carbocycles. The van der Waals surface area contributed by atoms with Crippen LogP contribution in [0.4, 0.5) is 4.79 Å². The molecule has 0 aromatic heterocycles. The molecule has 1 amide bonds. The molecule has 3 atom stereocenters. The second kappa shape index (κ2) is 7.44. The summed E-state index contributed by atoms with van der Waals surface area (Å²) in [4.78, 5) is 14.4. The summed E-state index contributed by atoms with van der Waals surface area (Å²) in [6.45, 7) is 6.11. The van der Waals surface area contributed by atoms with E-state index in [-0.39, 0.29) is 23.6 Å². The number of benzene rings is 1. The molecule has 1 saturated carbocycles. The molecule has 1 heterocycles. The van der Waals surface area contributed by atoms with E-state index in [1.165, 1.54) is 36.8 Å². The van der Waals surface area contributed by atoms with Gasteiger partial charge >= 0.3 is 6.09 Å². The van der Waals surface area contributed by atoms with Crippen molar-refractivity contribution in [1.29, 1.82) is 0 Å². The van der Waals surface area contributed by atoms with Crippen LogP contribution in [-0.4, -0.2) is 42.8 Å². The van der Waals surface area contributed by atoms with Gasteiger partial charge in [-0.2, -0.15) is 0 Å². The van der Waals surface area contributed by atoms with Crippen molar-refractivity contribution < 1.29 is 14.3 Å². The number of fused-ring (bicyclic) bond motifs is 4. The summed E-state index contributed by atoms with van der Waals surface area (Å²) in [6.07, 6.45) is 6.88. The minimum absolute atomic E-state index is 0.0344. The van der Waals surface area contributed by atoms with E-state index in [1.54, 1.807) is 4.90 Å². The lowest BCUT2D eigenvalue weighted by Crippen LogP contribution is -2.53. The first-order valence-corrected chi connectivity index (χ1v) is 10.5. The summed E-state index contributed by atoms with van der Waals surface area (Å²) >= 11 is 0. The molecule has 4 rings (SSSR count). The molecule has 1 saturated heterocycles. The minimum atomic E-state index is -0.286. The maximum absolute atomic E-state index is 12.6. The summed E-state index contributed by atoms with van der Waals surface area (Å²) < 4.78 is 11.0. The van der Waals surface area contributed by atoms with Crippen LogP contribution in [0.15, 0.2) is 18.2 Å². The molecular formula is C22H32N2O3. The predicted molar refractivity (Wildman–Crippen MR) is 105 cm³/mol. The highest BCUT2D eigenvalue weighted by atomic mass is 16.6. The van der Waals surface area contributed by atoms with E-state index >= 15 is 0 Å². The monoisotopic (exact) mass is 372 g/mol. The third-order valence-corrected chi connectivity index (χ3v) is 7.03. The van der Waals surface area contributed by atoms with Gasteiger partial charge in [-0.1, -0.05) is 32.3 Å². The van der Waals surface area contributed by atoms with Crippen LogP contribution in [-0.2, 0) is 16.6 Å². The van der Waals surface area contributed by atoms with Crippen molar-refractivity contribution in [2.75, 3.05) is 19.8 Å². The average Bonchev–Trinajstić information content (AvgIpc) is 2.61. The Kier molecular flexibility index (Phi) is 5.17. The Hall–Kier alpha value is -1.59. The van der Waals surface area contributed by atoms with Gasteiger partial charge in [0.05, 0.1) is 19.3 Å². The van der Waals surface area contributed by atoms with Gasteiger partial charge in [0.2, 0.25) is 0 Å². The van der Waals surface area contributed by atoms with Crippen molar-refractivity contribution in [3.05, 3.63) is 29.3 Å². The van der Waals surface area contributed by atoms with Crippen LogP contribution in [0.2, 0.25) is 0 Å². The van der Waals surface area contributed by atoms with Gasteiger partial charge in [0.25, 0.3) is 0 Å². The molecule has 2 bridgehead atoms. The number of likely N-dealkylation sites (N-methyl/N-ethyl adjacent to an activating group) is 1. The molecule has 5 heteroatoms. The Labute approximate surface area is 162 Å². The zero-order valence-corrected chi connectivity index (χ0v) is 16.6. The van der Waals surface area contributed by atoms with Crippen LogP contribution in [0.3, 0.4) is 0 Å². The molecular weight excluding hydrogens is 340 g/mol. The van der Waals surface area contributed by atoms with Gasteiger partial charge in [0.15, 0.2) is 0 Å². The van der Waals surface area contributed by atoms with Crippen molar-refractivity contribution in [3.8, 4) is 5.75 Å². The van der Waals surface area contributed by atoms with Crippen molar-refractivity contribution in [2.24, 2.45) is 11.7 Å². The van der Waals surface area contributed by atoms with Gasteiger partial charge in [0, 0.05) is 18.0 Å². The second-order valence-electron chi connectivity index (χ2n) is 8.67. The van der Waals surface area contributed by atoms with E-state index in [2.05, 4.69) is 19.1 Å². The van der Waals surface area contributed by atoms with Crippen molar-refractivity contribution >= 4 is 6.09 Å². The number of amides is 1. The SMILES string of the molecule is CCN(C(=O)Oc1ccc2c(c1)[C@@]1(C)CCCCC[C@@H](C2)[C@@H]1N)C1COC1. The summed E-state index contributed by atoms with van der Waals surface area (Å²) in [5.41, 5.74) is 9.39. The van der Waals surface area contributed by atoms with Gasteiger partial charge in [-0.05, 0) is 55.4 Å². The molecule has 148 valence electrons. The predicted octanol–water partition coefficient (Wildman–Crippen LogP) is 3.63. The fourth-order valence-electron chi connectivity index (χ4n) is 5.20. The van der Waals surface area contributed by atoms with E-state index in [0.717, 1.165) is 12.8 Å². The maximum Gasteiger partial charge on any atom is 0.415 e. The summed E-state index contributed by atoms with van der Waals surface area (Å²) in [5, 5.41) is 0. The van der Waals surface area contributed by atoms with Crippen LogP contribution < -0.4 is 10.5 Å². The molecule has 2 fully saturated rings. The molecule has 0 unspecified atom stereocenters. The number of hydrogen-bond donors (Lipinski definition) is 1. The van der Waals surface area contributed by atoms with E-state index in [9.17, 15) is 4.79 Å². The standard InChI is InChI=1S/C22H32N2O3/c1-3-24(17-13-26-14-17)21(25)27-18-9-8-15-11-16-7-5-4-6-10-22(2,20(16)23)19(15)12-18/h8-9,12,16-17,20H,3-7,10-11,13-14,23H2,1-2H3/t16-,20-,22+/m0/s1. The highest BCUT2D eigenvalue weighted by Gasteiger charge is 2.44. The quantitative estimate of drug-likeness (QED) is 0.880. The number of carbonyl (C=O) groups excluding carboxylic acids is 1. The van der Waals surface area contributed by atoms with Gasteiger partial charge in [-0.25, -0.2) is 4.79 Å². The number of nitrogens with two attached hydrogens (primary N) is 1. The molecule has 0 radical (unpaired) electrons. The van der Waals surface area contributed by atoms with E-state index < -0.39 is 0 Å². The molecule has 3 aliphatic rings. The smallest absolute Gasteiger partial charge is 0.410 e. The molecule has 1 aliphatic heterocycles. The van der Waals surface area contributed by atoms with Crippen LogP contribution in [0.1, 0.15) is 57.1 Å². The van der Waals surface area contributed by atoms with E-state index in [1.807, 2.05) is 13.0 Å².